The number of fused-ring (bicyclic) bond motifs is 3. The molecule has 30 heavy (non-hydrogen) atoms. The van der Waals surface area contributed by atoms with Crippen molar-refractivity contribution in [3.8, 4) is 11.5 Å². The van der Waals surface area contributed by atoms with E-state index in [4.69, 9.17) is 21.1 Å². The largest absolute Gasteiger partial charge is 0.478 e. The third-order valence-electron chi connectivity index (χ3n) is 5.40. The summed E-state index contributed by atoms with van der Waals surface area (Å²) in [6, 6.07) is 19.5. The van der Waals surface area contributed by atoms with Crippen LogP contribution in [0.2, 0.25) is 5.02 Å². The molecule has 0 aromatic heterocycles. The number of nitrogens with zero attached hydrogens (tertiary/aromatic N) is 1. The topological polar surface area (TPSA) is 38.8 Å². The fraction of sp³-hybridized carbons (Fsp3) is 0.160. The van der Waals surface area contributed by atoms with Gasteiger partial charge in [0.1, 0.15) is 18.2 Å². The van der Waals surface area contributed by atoms with Crippen LogP contribution in [0.4, 0.5) is 0 Å². The van der Waals surface area contributed by atoms with Gasteiger partial charge in [0.05, 0.1) is 11.1 Å². The fourth-order valence-electron chi connectivity index (χ4n) is 3.93. The molecule has 0 fully saturated rings. The molecule has 0 bridgehead atoms. The maximum Gasteiger partial charge on any atom is 0.232 e. The summed E-state index contributed by atoms with van der Waals surface area (Å²) in [6.07, 6.45) is 1.79. The van der Waals surface area contributed by atoms with Crippen LogP contribution in [-0.4, -0.2) is 17.4 Å². The first-order valence-electron chi connectivity index (χ1n) is 9.84. The van der Waals surface area contributed by atoms with E-state index in [1.165, 1.54) is 0 Å². The summed E-state index contributed by atoms with van der Waals surface area (Å²) in [7, 11) is 0. The Morgan fingerprint density at radius 1 is 1.10 bits per heavy atom. The van der Waals surface area contributed by atoms with E-state index < -0.39 is 0 Å². The number of ketones is 1. The Bertz CT molecular complexity index is 1150. The van der Waals surface area contributed by atoms with Crippen molar-refractivity contribution < 1.29 is 14.3 Å². The summed E-state index contributed by atoms with van der Waals surface area (Å²) in [6.45, 7) is 3.77. The number of carbonyl (C=O) groups is 1. The van der Waals surface area contributed by atoms with Gasteiger partial charge in [0.2, 0.25) is 5.78 Å². The fourth-order valence-corrected chi connectivity index (χ4v) is 4.05. The van der Waals surface area contributed by atoms with Crippen LogP contribution in [0.3, 0.4) is 0 Å². The van der Waals surface area contributed by atoms with Gasteiger partial charge in [-0.3, -0.25) is 9.69 Å². The van der Waals surface area contributed by atoms with Gasteiger partial charge in [0.15, 0.2) is 5.76 Å². The van der Waals surface area contributed by atoms with E-state index in [0.717, 1.165) is 39.6 Å². The molecule has 0 atom stereocenters. The van der Waals surface area contributed by atoms with Gasteiger partial charge in [-0.05, 0) is 47.9 Å². The summed E-state index contributed by atoms with van der Waals surface area (Å²) in [5.41, 5.74) is 4.50. The summed E-state index contributed by atoms with van der Waals surface area (Å²) in [5.74, 6) is 1.68. The van der Waals surface area contributed by atoms with Crippen LogP contribution >= 0.6 is 11.6 Å². The minimum atomic E-state index is -0.0797. The lowest BCUT2D eigenvalue weighted by molar-refractivity contribution is 0.0872. The molecule has 2 aliphatic rings. The molecule has 0 spiro atoms. The van der Waals surface area contributed by atoms with E-state index in [1.54, 1.807) is 6.08 Å². The number of aryl methyl sites for hydroxylation is 1. The van der Waals surface area contributed by atoms with Gasteiger partial charge in [0.25, 0.3) is 0 Å². The zero-order valence-electron chi connectivity index (χ0n) is 16.5. The monoisotopic (exact) mass is 417 g/mol. The number of hydrogen-bond acceptors (Lipinski definition) is 4. The molecule has 5 heteroatoms. The minimum Gasteiger partial charge on any atom is -0.478 e. The lowest BCUT2D eigenvalue weighted by atomic mass is 9.98. The maximum absolute atomic E-state index is 13.1. The SMILES string of the molecule is Cc1cc2c(c3c1C(=O)/C(=C/c1ccccc1)O3)CN(Cc1ccc(Cl)cc1)CO2. The number of benzene rings is 3. The average Bonchev–Trinajstić information content (AvgIpc) is 3.08. The molecule has 0 saturated heterocycles. The molecule has 150 valence electrons. The Hall–Kier alpha value is -3.08. The van der Waals surface area contributed by atoms with E-state index in [-0.39, 0.29) is 5.78 Å². The Morgan fingerprint density at radius 3 is 2.63 bits per heavy atom. The predicted molar refractivity (Wildman–Crippen MR) is 117 cm³/mol. The molecular weight excluding hydrogens is 398 g/mol. The third-order valence-corrected chi connectivity index (χ3v) is 5.66. The average molecular weight is 418 g/mol. The molecule has 0 radical (unpaired) electrons. The summed E-state index contributed by atoms with van der Waals surface area (Å²) < 4.78 is 12.1. The van der Waals surface area contributed by atoms with Gasteiger partial charge in [-0.25, -0.2) is 0 Å². The van der Waals surface area contributed by atoms with Gasteiger partial charge in [-0.2, -0.15) is 0 Å². The number of carbonyl (C=O) groups excluding carboxylic acids is 1. The highest BCUT2D eigenvalue weighted by Gasteiger charge is 2.35. The van der Waals surface area contributed by atoms with Gasteiger partial charge < -0.3 is 9.47 Å². The second kappa shape index (κ2) is 7.63. The first kappa shape index (κ1) is 18.9. The van der Waals surface area contributed by atoms with Crippen molar-refractivity contribution in [3.05, 3.63) is 99.3 Å². The van der Waals surface area contributed by atoms with Gasteiger partial charge in [-0.15, -0.1) is 0 Å². The summed E-state index contributed by atoms with van der Waals surface area (Å²) >= 11 is 5.99. The van der Waals surface area contributed by atoms with Crippen molar-refractivity contribution in [2.24, 2.45) is 0 Å². The molecule has 2 aliphatic heterocycles. The number of Topliss-reactive ketones (excluding diaryl/α,β-unsaturated/α-hetero) is 1. The van der Waals surface area contributed by atoms with E-state index in [2.05, 4.69) is 4.90 Å². The Morgan fingerprint density at radius 2 is 1.87 bits per heavy atom. The molecule has 0 saturated carbocycles. The van der Waals surface area contributed by atoms with Gasteiger partial charge in [-0.1, -0.05) is 54.1 Å². The first-order chi connectivity index (χ1) is 14.6. The van der Waals surface area contributed by atoms with Gasteiger partial charge in [0, 0.05) is 18.1 Å². The van der Waals surface area contributed by atoms with Crippen LogP contribution in [-0.2, 0) is 13.1 Å². The molecule has 0 unspecified atom stereocenters. The summed E-state index contributed by atoms with van der Waals surface area (Å²) in [4.78, 5) is 15.2. The van der Waals surface area contributed by atoms with Crippen molar-refractivity contribution >= 4 is 23.5 Å². The molecule has 0 amide bonds. The Kier molecular flexibility index (Phi) is 4.81. The van der Waals surface area contributed by atoms with Crippen molar-refractivity contribution in [3.63, 3.8) is 0 Å². The minimum absolute atomic E-state index is 0.0797. The third kappa shape index (κ3) is 3.49. The number of allylic oxidation sites excluding steroid dienone is 1. The zero-order chi connectivity index (χ0) is 20.7. The molecular formula is C25H20ClNO3. The van der Waals surface area contributed by atoms with Crippen LogP contribution in [0.15, 0.2) is 66.4 Å². The molecule has 4 nitrogen and oxygen atoms in total. The second-order valence-electron chi connectivity index (χ2n) is 7.61. The molecule has 3 aromatic carbocycles. The number of halogens is 1. The number of ether oxygens (including phenoxy) is 2. The predicted octanol–water partition coefficient (Wildman–Crippen LogP) is 5.62. The molecule has 5 rings (SSSR count). The van der Waals surface area contributed by atoms with E-state index in [9.17, 15) is 4.79 Å². The van der Waals surface area contributed by atoms with Crippen molar-refractivity contribution in [1.29, 1.82) is 0 Å². The summed E-state index contributed by atoms with van der Waals surface area (Å²) in [5, 5.41) is 0.719. The number of hydrogen-bond donors (Lipinski definition) is 0. The smallest absolute Gasteiger partial charge is 0.232 e. The normalized spacial score (nSPS) is 16.7. The highest BCUT2D eigenvalue weighted by molar-refractivity contribution is 6.30. The van der Waals surface area contributed by atoms with Crippen LogP contribution in [0.25, 0.3) is 6.08 Å². The molecule has 0 aliphatic carbocycles. The first-order valence-corrected chi connectivity index (χ1v) is 10.2. The van der Waals surface area contributed by atoms with Crippen LogP contribution in [0.1, 0.15) is 32.6 Å². The molecule has 0 N–H and O–H groups in total. The molecule has 3 aromatic rings. The maximum atomic E-state index is 13.1. The van der Waals surface area contributed by atoms with Crippen LogP contribution < -0.4 is 9.47 Å². The van der Waals surface area contributed by atoms with E-state index in [1.807, 2.05) is 67.6 Å². The lowest BCUT2D eigenvalue weighted by Gasteiger charge is -2.30. The van der Waals surface area contributed by atoms with Crippen LogP contribution in [0.5, 0.6) is 11.5 Å². The molecule has 2 heterocycles. The van der Waals surface area contributed by atoms with E-state index >= 15 is 0 Å². The zero-order valence-corrected chi connectivity index (χ0v) is 17.3. The lowest BCUT2D eigenvalue weighted by Crippen LogP contribution is -2.31. The van der Waals surface area contributed by atoms with Gasteiger partial charge >= 0.3 is 0 Å². The number of rotatable bonds is 3. The quantitative estimate of drug-likeness (QED) is 0.519. The van der Waals surface area contributed by atoms with Crippen molar-refractivity contribution in [2.75, 3.05) is 6.73 Å². The highest BCUT2D eigenvalue weighted by atomic mass is 35.5. The van der Waals surface area contributed by atoms with Crippen molar-refractivity contribution in [2.45, 2.75) is 20.0 Å². The standard InChI is InChI=1S/C25H20ClNO3/c1-16-11-21-20(14-27(15-29-21)13-18-7-9-19(26)10-8-18)25-23(16)24(28)22(30-25)12-17-5-3-2-4-6-17/h2-12H,13-15H2,1H3/b22-12-. The highest BCUT2D eigenvalue weighted by Crippen LogP contribution is 2.44. The Labute approximate surface area is 180 Å². The van der Waals surface area contributed by atoms with E-state index in [0.29, 0.717) is 30.3 Å². The van der Waals surface area contributed by atoms with Crippen molar-refractivity contribution in [1.82, 2.24) is 4.90 Å². The second-order valence-corrected chi connectivity index (χ2v) is 8.05. The Balaban J connectivity index is 1.46. The van der Waals surface area contributed by atoms with Crippen LogP contribution in [0, 0.1) is 6.92 Å².